The first-order valence-corrected chi connectivity index (χ1v) is 12.0. The lowest BCUT2D eigenvalue weighted by Gasteiger charge is -3.11. The highest BCUT2D eigenvalue weighted by Gasteiger charge is 3.09. The number of hydrogen-bond acceptors (Lipinski definition) is 5. The molecular weight excluding hydrogens is 394 g/mol. The van der Waals surface area contributed by atoms with Gasteiger partial charge in [0.2, 0.25) is 0 Å². The van der Waals surface area contributed by atoms with Crippen LogP contribution in [0.2, 0.25) is 0 Å². The average molecular weight is 430 g/mol. The normalized spacial score (nSPS) is 48.2. The summed E-state index contributed by atoms with van der Waals surface area (Å²) < 4.78 is 11.4. The Labute approximate surface area is 184 Å². The first kappa shape index (κ1) is 20.0. The largest absolute Gasteiger partial charge is 0.460 e. The summed E-state index contributed by atoms with van der Waals surface area (Å²) in [6, 6.07) is 0. The topological polar surface area (TPSA) is 72.9 Å². The molecule has 7 fully saturated rings. The molecule has 6 aliphatic carbocycles. The highest BCUT2D eigenvalue weighted by atomic mass is 16.6. The van der Waals surface area contributed by atoms with Gasteiger partial charge >= 0.3 is 12.1 Å². The second-order valence-electron chi connectivity index (χ2n) is 13.2. The molecule has 6 heteroatoms. The molecule has 1 saturated heterocycles. The van der Waals surface area contributed by atoms with Crippen LogP contribution in [-0.2, 0) is 19.1 Å². The van der Waals surface area contributed by atoms with Gasteiger partial charge in [0.05, 0.1) is 5.92 Å². The molecule has 1 amide bonds. The quantitative estimate of drug-likeness (QED) is 0.494. The van der Waals surface area contributed by atoms with Crippen LogP contribution in [0, 0.1) is 58.2 Å². The lowest BCUT2D eigenvalue weighted by molar-refractivity contribution is -0.642. The first-order chi connectivity index (χ1) is 14.4. The maximum absolute atomic E-state index is 13.3. The SMILES string of the molecule is CC(C)(C)OC(=O)[C@H](CC12C3C4C5C3C1C5(C=O)C42)[C@H]1CCN(C(=O)OC(C)(C)C)C1. The fourth-order valence-electron chi connectivity index (χ4n) is 9.41. The number of amides is 1. The summed E-state index contributed by atoms with van der Waals surface area (Å²) in [6.45, 7) is 12.5. The molecule has 0 aromatic carbocycles. The van der Waals surface area contributed by atoms with E-state index in [0.717, 1.165) is 30.6 Å². The number of carbonyl (C=O) groups is 3. The predicted octanol–water partition coefficient (Wildman–Crippen LogP) is 3.53. The van der Waals surface area contributed by atoms with E-state index in [-0.39, 0.29) is 34.7 Å². The van der Waals surface area contributed by atoms with Crippen molar-refractivity contribution in [3.05, 3.63) is 0 Å². The summed E-state index contributed by atoms with van der Waals surface area (Å²) in [4.78, 5) is 39.6. The van der Waals surface area contributed by atoms with Crippen molar-refractivity contribution in [1.29, 1.82) is 0 Å². The van der Waals surface area contributed by atoms with Gasteiger partial charge in [0.25, 0.3) is 0 Å². The van der Waals surface area contributed by atoms with E-state index in [1.807, 2.05) is 41.5 Å². The molecule has 6 saturated carbocycles. The van der Waals surface area contributed by atoms with Gasteiger partial charge in [0.15, 0.2) is 0 Å². The molecule has 6 nitrogen and oxygen atoms in total. The standard InChI is InChI=1S/C25H35NO5/c1-22(2,3)30-20(28)13(12-7-8-26(10-12)21(29)31-23(4,5)6)9-24-16-14-17-15(16)19(24)25(17,11-27)18(14)24/h11-19H,7-10H2,1-6H3/t12-,13+,14?,15?,16?,17?,18?,19?,24?,25?/m0/s1. The van der Waals surface area contributed by atoms with Crippen LogP contribution in [0.15, 0.2) is 0 Å². The zero-order valence-electron chi connectivity index (χ0n) is 19.5. The van der Waals surface area contributed by atoms with Crippen LogP contribution in [0.3, 0.4) is 0 Å². The number of nitrogens with zero attached hydrogens (tertiary/aromatic N) is 1. The second kappa shape index (κ2) is 5.48. The number of ether oxygens (including phenoxy) is 2. The monoisotopic (exact) mass is 429 g/mol. The minimum Gasteiger partial charge on any atom is -0.460 e. The summed E-state index contributed by atoms with van der Waals surface area (Å²) in [5, 5.41) is 0. The molecule has 0 aromatic rings. The Balaban J connectivity index is 1.19. The minimum atomic E-state index is -0.533. The highest BCUT2D eigenvalue weighted by Crippen LogP contribution is 3.10. The zero-order valence-corrected chi connectivity index (χ0v) is 19.5. The van der Waals surface area contributed by atoms with Crippen molar-refractivity contribution < 1.29 is 23.9 Å². The van der Waals surface area contributed by atoms with Crippen molar-refractivity contribution in [1.82, 2.24) is 4.90 Å². The van der Waals surface area contributed by atoms with Gasteiger partial charge in [0, 0.05) is 18.5 Å². The average Bonchev–Trinajstić information content (AvgIpc) is 3.13. The smallest absolute Gasteiger partial charge is 0.410 e. The van der Waals surface area contributed by atoms with Gasteiger partial charge in [0.1, 0.15) is 17.5 Å². The third kappa shape index (κ3) is 2.09. The maximum Gasteiger partial charge on any atom is 0.410 e. The third-order valence-electron chi connectivity index (χ3n) is 9.79. The Bertz CT molecular complexity index is 861. The highest BCUT2D eigenvalue weighted by molar-refractivity contribution is 5.79. The third-order valence-corrected chi connectivity index (χ3v) is 9.79. The molecule has 31 heavy (non-hydrogen) atoms. The second-order valence-corrected chi connectivity index (χ2v) is 13.2. The Kier molecular flexibility index (Phi) is 3.54. The van der Waals surface area contributed by atoms with E-state index in [4.69, 9.17) is 9.47 Å². The lowest BCUT2D eigenvalue weighted by Crippen LogP contribution is -3.10. The molecule has 170 valence electrons. The number of hydrogen-bond donors (Lipinski definition) is 0. The van der Waals surface area contributed by atoms with E-state index in [9.17, 15) is 14.4 Å². The summed E-state index contributed by atoms with van der Waals surface area (Å²) in [5.41, 5.74) is -0.862. The molecule has 7 aliphatic rings. The number of rotatable bonds is 5. The summed E-state index contributed by atoms with van der Waals surface area (Å²) in [7, 11) is 0. The van der Waals surface area contributed by atoms with Crippen molar-refractivity contribution >= 4 is 18.3 Å². The van der Waals surface area contributed by atoms with Crippen molar-refractivity contribution in [2.45, 2.75) is 65.6 Å². The van der Waals surface area contributed by atoms with Gasteiger partial charge in [-0.15, -0.1) is 0 Å². The number of aldehydes is 1. The lowest BCUT2D eigenvalue weighted by atomic mass is 8.92. The van der Waals surface area contributed by atoms with E-state index in [1.165, 1.54) is 6.29 Å². The van der Waals surface area contributed by atoms with Crippen molar-refractivity contribution in [3.8, 4) is 0 Å². The van der Waals surface area contributed by atoms with Crippen LogP contribution in [0.4, 0.5) is 4.79 Å². The molecule has 1 aliphatic heterocycles. The maximum atomic E-state index is 13.3. The van der Waals surface area contributed by atoms with E-state index < -0.39 is 11.2 Å². The molecule has 7 rings (SSSR count). The summed E-state index contributed by atoms with van der Waals surface area (Å²) in [6.07, 6.45) is 2.60. The van der Waals surface area contributed by atoms with E-state index in [1.54, 1.807) is 4.90 Å². The predicted molar refractivity (Wildman–Crippen MR) is 112 cm³/mol. The van der Waals surface area contributed by atoms with Crippen LogP contribution in [0.5, 0.6) is 0 Å². The molecule has 0 radical (unpaired) electrons. The molecule has 0 N–H and O–H groups in total. The Morgan fingerprint density at radius 1 is 1.03 bits per heavy atom. The van der Waals surface area contributed by atoms with Gasteiger partial charge < -0.3 is 19.2 Å². The van der Waals surface area contributed by atoms with Crippen molar-refractivity contribution in [2.24, 2.45) is 58.2 Å². The Morgan fingerprint density at radius 2 is 1.65 bits per heavy atom. The molecular formula is C25H35NO5. The van der Waals surface area contributed by atoms with Gasteiger partial charge in [-0.25, -0.2) is 4.79 Å². The first-order valence-electron chi connectivity index (χ1n) is 12.0. The van der Waals surface area contributed by atoms with Crippen LogP contribution < -0.4 is 0 Å². The van der Waals surface area contributed by atoms with Gasteiger partial charge in [-0.3, -0.25) is 4.79 Å². The molecule has 0 spiro atoms. The molecule has 0 aromatic heterocycles. The van der Waals surface area contributed by atoms with Crippen LogP contribution >= 0.6 is 0 Å². The van der Waals surface area contributed by atoms with E-state index >= 15 is 0 Å². The Morgan fingerprint density at radius 3 is 2.19 bits per heavy atom. The fourth-order valence-corrected chi connectivity index (χ4v) is 9.41. The number of likely N-dealkylation sites (tertiary alicyclic amines) is 1. The summed E-state index contributed by atoms with van der Waals surface area (Å²) >= 11 is 0. The molecule has 4 unspecified atom stereocenters. The van der Waals surface area contributed by atoms with Crippen LogP contribution in [-0.4, -0.2) is 47.5 Å². The Hall–Kier alpha value is -1.59. The minimum absolute atomic E-state index is 0.0131. The summed E-state index contributed by atoms with van der Waals surface area (Å²) in [5.74, 6) is 3.77. The molecule has 6 atom stereocenters. The van der Waals surface area contributed by atoms with Gasteiger partial charge in [-0.05, 0) is 101 Å². The molecule has 0 bridgehead atoms. The van der Waals surface area contributed by atoms with E-state index in [2.05, 4.69) is 0 Å². The molecule has 1 heterocycles. The number of carbonyl (C=O) groups excluding carboxylic acids is 3. The fraction of sp³-hybridized carbons (Fsp3) is 0.880. The van der Waals surface area contributed by atoms with Crippen molar-refractivity contribution in [2.75, 3.05) is 13.1 Å². The van der Waals surface area contributed by atoms with Crippen LogP contribution in [0.25, 0.3) is 0 Å². The van der Waals surface area contributed by atoms with Gasteiger partial charge in [-0.2, -0.15) is 0 Å². The van der Waals surface area contributed by atoms with Crippen molar-refractivity contribution in [3.63, 3.8) is 0 Å². The number of esters is 1. The van der Waals surface area contributed by atoms with Crippen LogP contribution in [0.1, 0.15) is 54.4 Å². The van der Waals surface area contributed by atoms with Gasteiger partial charge in [-0.1, -0.05) is 0 Å². The zero-order chi connectivity index (χ0) is 22.3. The van der Waals surface area contributed by atoms with E-state index in [0.29, 0.717) is 30.8 Å².